The molecule has 2 saturated carbocycles. The van der Waals surface area contributed by atoms with Gasteiger partial charge in [0.05, 0.1) is 17.0 Å². The van der Waals surface area contributed by atoms with E-state index in [1.54, 1.807) is 0 Å². The zero-order chi connectivity index (χ0) is 18.4. The van der Waals surface area contributed by atoms with Crippen LogP contribution in [0.4, 0.5) is 0 Å². The topological polar surface area (TPSA) is 63.2 Å². The fourth-order valence-electron chi connectivity index (χ4n) is 4.50. The zero-order valence-electron chi connectivity index (χ0n) is 15.5. The summed E-state index contributed by atoms with van der Waals surface area (Å²) in [5.74, 6) is 0.294. The first kappa shape index (κ1) is 19.4. The van der Waals surface area contributed by atoms with Gasteiger partial charge in [-0.25, -0.2) is 8.42 Å². The van der Waals surface area contributed by atoms with Gasteiger partial charge in [-0.2, -0.15) is 0 Å². The van der Waals surface area contributed by atoms with Crippen molar-refractivity contribution in [3.05, 3.63) is 35.9 Å². The van der Waals surface area contributed by atoms with E-state index in [4.69, 9.17) is 0 Å². The Hall–Kier alpha value is -1.36. The lowest BCUT2D eigenvalue weighted by molar-refractivity contribution is -0.122. The maximum Gasteiger partial charge on any atom is 0.221 e. The molecule has 2 aliphatic rings. The standard InChI is InChI=1S/C21H31NO3S/c23-20(15-16-26(24,25)19-13-7-8-14-19)22-21(17-9-3-1-4-10-17)18-11-5-2-6-12-18/h1,3-4,9-10,18-19,21H,2,5-8,11-16H2,(H,22,23)/t21-/m1/s1. The van der Waals surface area contributed by atoms with Crippen LogP contribution in [0.5, 0.6) is 0 Å². The lowest BCUT2D eigenvalue weighted by Gasteiger charge is -2.31. The van der Waals surface area contributed by atoms with Crippen molar-refractivity contribution in [3.8, 4) is 0 Å². The minimum Gasteiger partial charge on any atom is -0.349 e. The normalized spacial score (nSPS) is 20.8. The van der Waals surface area contributed by atoms with Crippen LogP contribution in [-0.4, -0.2) is 25.3 Å². The maximum atomic E-state index is 12.6. The van der Waals surface area contributed by atoms with Crippen LogP contribution < -0.4 is 5.32 Å². The third kappa shape index (κ3) is 5.09. The first-order chi connectivity index (χ1) is 12.6. The molecule has 26 heavy (non-hydrogen) atoms. The fourth-order valence-corrected chi connectivity index (χ4v) is 6.35. The number of nitrogens with one attached hydrogen (secondary N) is 1. The van der Waals surface area contributed by atoms with E-state index in [2.05, 4.69) is 17.4 Å². The van der Waals surface area contributed by atoms with Crippen LogP contribution in [0.3, 0.4) is 0 Å². The number of rotatable bonds is 7. The fraction of sp³-hybridized carbons (Fsp3) is 0.667. The smallest absolute Gasteiger partial charge is 0.221 e. The average molecular weight is 378 g/mol. The summed E-state index contributed by atoms with van der Waals surface area (Å²) in [4.78, 5) is 12.6. The molecule has 0 aromatic heterocycles. The Bertz CT molecular complexity index is 674. The predicted molar refractivity (Wildman–Crippen MR) is 105 cm³/mol. The van der Waals surface area contributed by atoms with Crippen molar-refractivity contribution in [2.24, 2.45) is 5.92 Å². The molecule has 5 heteroatoms. The third-order valence-corrected chi connectivity index (χ3v) is 8.28. The van der Waals surface area contributed by atoms with E-state index in [0.29, 0.717) is 5.92 Å². The second kappa shape index (κ2) is 9.03. The monoisotopic (exact) mass is 377 g/mol. The summed E-state index contributed by atoms with van der Waals surface area (Å²) in [5.41, 5.74) is 1.13. The van der Waals surface area contributed by atoms with Gasteiger partial charge >= 0.3 is 0 Å². The van der Waals surface area contributed by atoms with Crippen molar-refractivity contribution in [1.29, 1.82) is 0 Å². The Morgan fingerprint density at radius 2 is 1.58 bits per heavy atom. The molecule has 1 atom stereocenters. The molecule has 0 heterocycles. The van der Waals surface area contributed by atoms with Crippen molar-refractivity contribution in [3.63, 3.8) is 0 Å². The first-order valence-electron chi connectivity index (χ1n) is 10.1. The Morgan fingerprint density at radius 3 is 2.23 bits per heavy atom. The van der Waals surface area contributed by atoms with Crippen LogP contribution >= 0.6 is 0 Å². The number of amides is 1. The van der Waals surface area contributed by atoms with E-state index in [9.17, 15) is 13.2 Å². The average Bonchev–Trinajstić information content (AvgIpc) is 3.22. The van der Waals surface area contributed by atoms with Crippen LogP contribution in [0.15, 0.2) is 30.3 Å². The minimum atomic E-state index is -3.14. The highest BCUT2D eigenvalue weighted by molar-refractivity contribution is 7.92. The summed E-state index contributed by atoms with van der Waals surface area (Å²) in [6.07, 6.45) is 9.53. The summed E-state index contributed by atoms with van der Waals surface area (Å²) in [5, 5.41) is 2.94. The number of carbonyl (C=O) groups is 1. The van der Waals surface area contributed by atoms with E-state index in [1.807, 2.05) is 18.2 Å². The molecule has 2 aliphatic carbocycles. The van der Waals surface area contributed by atoms with E-state index in [-0.39, 0.29) is 29.4 Å². The van der Waals surface area contributed by atoms with Crippen molar-refractivity contribution in [2.45, 2.75) is 75.5 Å². The summed E-state index contributed by atoms with van der Waals surface area (Å²) >= 11 is 0. The van der Waals surface area contributed by atoms with Gasteiger partial charge in [0.1, 0.15) is 0 Å². The number of hydrogen-bond acceptors (Lipinski definition) is 3. The van der Waals surface area contributed by atoms with Crippen LogP contribution in [-0.2, 0) is 14.6 Å². The van der Waals surface area contributed by atoms with Crippen molar-refractivity contribution < 1.29 is 13.2 Å². The third-order valence-electron chi connectivity index (χ3n) is 6.02. The molecule has 2 fully saturated rings. The van der Waals surface area contributed by atoms with Crippen LogP contribution in [0.1, 0.15) is 75.8 Å². The zero-order valence-corrected chi connectivity index (χ0v) is 16.3. The highest BCUT2D eigenvalue weighted by Crippen LogP contribution is 2.34. The van der Waals surface area contributed by atoms with Crippen LogP contribution in [0, 0.1) is 5.92 Å². The predicted octanol–water partition coefficient (Wildman–Crippen LogP) is 4.17. The van der Waals surface area contributed by atoms with E-state index >= 15 is 0 Å². The van der Waals surface area contributed by atoms with Gasteiger partial charge in [-0.3, -0.25) is 4.79 Å². The molecule has 1 N–H and O–H groups in total. The highest BCUT2D eigenvalue weighted by atomic mass is 32.2. The summed E-state index contributed by atoms with van der Waals surface area (Å²) in [6.45, 7) is 0. The molecule has 0 unspecified atom stereocenters. The van der Waals surface area contributed by atoms with E-state index in [1.165, 1.54) is 19.3 Å². The number of carbonyl (C=O) groups excluding carboxylic acids is 1. The largest absolute Gasteiger partial charge is 0.349 e. The van der Waals surface area contributed by atoms with Gasteiger partial charge in [0.2, 0.25) is 5.91 Å². The molecule has 4 nitrogen and oxygen atoms in total. The number of sulfone groups is 1. The molecule has 0 radical (unpaired) electrons. The van der Waals surface area contributed by atoms with Crippen LogP contribution in [0.25, 0.3) is 0 Å². The van der Waals surface area contributed by atoms with Gasteiger partial charge in [-0.05, 0) is 37.2 Å². The Kier molecular flexibility index (Phi) is 6.74. The molecule has 1 aromatic carbocycles. The molecule has 1 aromatic rings. The lowest BCUT2D eigenvalue weighted by atomic mass is 9.81. The van der Waals surface area contributed by atoms with Crippen LogP contribution in [0.2, 0.25) is 0 Å². The minimum absolute atomic E-state index is 0.00168. The number of hydrogen-bond donors (Lipinski definition) is 1. The molecule has 0 spiro atoms. The summed E-state index contributed by atoms with van der Waals surface area (Å²) in [6, 6.07) is 10.1. The molecular formula is C21H31NO3S. The summed E-state index contributed by atoms with van der Waals surface area (Å²) < 4.78 is 24.8. The van der Waals surface area contributed by atoms with Crippen molar-refractivity contribution in [2.75, 3.05) is 5.75 Å². The van der Waals surface area contributed by atoms with Gasteiger partial charge < -0.3 is 5.32 Å². The van der Waals surface area contributed by atoms with Gasteiger partial charge in [-0.1, -0.05) is 62.4 Å². The Morgan fingerprint density at radius 1 is 0.962 bits per heavy atom. The van der Waals surface area contributed by atoms with Crippen molar-refractivity contribution in [1.82, 2.24) is 5.32 Å². The van der Waals surface area contributed by atoms with Gasteiger partial charge in [0.15, 0.2) is 9.84 Å². The molecule has 1 amide bonds. The Labute approximate surface area is 157 Å². The molecule has 144 valence electrons. The maximum absolute atomic E-state index is 12.6. The second-order valence-corrected chi connectivity index (χ2v) is 10.3. The second-order valence-electron chi connectivity index (χ2n) is 7.88. The van der Waals surface area contributed by atoms with E-state index in [0.717, 1.165) is 44.1 Å². The quantitative estimate of drug-likeness (QED) is 0.775. The molecule has 0 bridgehead atoms. The Balaban J connectivity index is 1.61. The first-order valence-corrected chi connectivity index (χ1v) is 11.8. The molecular weight excluding hydrogens is 346 g/mol. The molecule has 0 saturated heterocycles. The number of benzene rings is 1. The molecule has 3 rings (SSSR count). The van der Waals surface area contributed by atoms with Gasteiger partial charge in [-0.15, -0.1) is 0 Å². The SMILES string of the molecule is O=C(CCS(=O)(=O)C1CCCC1)N[C@H](c1ccccc1)C1CCCCC1. The highest BCUT2D eigenvalue weighted by Gasteiger charge is 2.30. The summed E-state index contributed by atoms with van der Waals surface area (Å²) in [7, 11) is -3.14. The van der Waals surface area contributed by atoms with E-state index < -0.39 is 9.84 Å². The van der Waals surface area contributed by atoms with Gasteiger partial charge in [0, 0.05) is 6.42 Å². The van der Waals surface area contributed by atoms with Crippen molar-refractivity contribution >= 4 is 15.7 Å². The lowest BCUT2D eigenvalue weighted by Crippen LogP contribution is -2.35. The van der Waals surface area contributed by atoms with Gasteiger partial charge in [0.25, 0.3) is 0 Å². The molecule has 0 aliphatic heterocycles.